The first-order valence-electron chi connectivity index (χ1n) is 12.9. The summed E-state index contributed by atoms with van der Waals surface area (Å²) in [5.41, 5.74) is 2.61. The van der Waals surface area contributed by atoms with Gasteiger partial charge < -0.3 is 25.4 Å². The van der Waals surface area contributed by atoms with Gasteiger partial charge in [-0.25, -0.2) is 4.79 Å². The maximum absolute atomic E-state index is 13.6. The third kappa shape index (κ3) is 6.70. The second kappa shape index (κ2) is 12.6. The minimum Gasteiger partial charge on any atom is -0.486 e. The summed E-state index contributed by atoms with van der Waals surface area (Å²) < 4.78 is 6.58. The molecule has 0 aliphatic carbocycles. The molecule has 200 valence electrons. The molecule has 0 bridgehead atoms. The number of hydrogen-bond donors (Lipinski definition) is 3. The number of nitrogens with one attached hydrogen (secondary N) is 2. The average molecular weight is 517 g/mol. The number of likely N-dealkylation sites (N-methyl/N-ethyl adjacent to an activating group) is 1. The Morgan fingerprint density at radius 3 is 2.42 bits per heavy atom. The van der Waals surface area contributed by atoms with Crippen LogP contribution in [-0.2, 0) is 6.54 Å². The first-order valence-corrected chi connectivity index (χ1v) is 12.9. The molecule has 8 heteroatoms. The number of benzene rings is 3. The van der Waals surface area contributed by atoms with E-state index >= 15 is 0 Å². The fraction of sp³-hybridized carbons (Fsp3) is 0.333. The second-order valence-corrected chi connectivity index (χ2v) is 9.93. The van der Waals surface area contributed by atoms with Crippen molar-refractivity contribution < 1.29 is 19.4 Å². The number of aliphatic hydroxyl groups excluding tert-OH is 1. The van der Waals surface area contributed by atoms with Crippen LogP contribution in [-0.4, -0.2) is 65.7 Å². The molecule has 0 aromatic heterocycles. The van der Waals surface area contributed by atoms with Gasteiger partial charge in [0.2, 0.25) is 0 Å². The molecular formula is C30H36N4O4. The predicted octanol–water partition coefficient (Wildman–Crippen LogP) is 4.68. The average Bonchev–Trinajstić information content (AvgIpc) is 2.91. The maximum Gasteiger partial charge on any atom is 0.323 e. The molecule has 0 unspecified atom stereocenters. The van der Waals surface area contributed by atoms with E-state index in [9.17, 15) is 14.7 Å². The van der Waals surface area contributed by atoms with Crippen molar-refractivity contribution in [3.05, 3.63) is 90.0 Å². The van der Waals surface area contributed by atoms with E-state index in [-0.39, 0.29) is 30.6 Å². The maximum atomic E-state index is 13.6. The highest BCUT2D eigenvalue weighted by Gasteiger charge is 2.34. The molecule has 0 fully saturated rings. The summed E-state index contributed by atoms with van der Waals surface area (Å²) in [5, 5.41) is 15.6. The summed E-state index contributed by atoms with van der Waals surface area (Å²) in [7, 11) is 2.04. The summed E-state index contributed by atoms with van der Waals surface area (Å²) >= 11 is 0. The van der Waals surface area contributed by atoms with E-state index in [1.165, 1.54) is 5.56 Å². The molecular weight excluding hydrogens is 480 g/mol. The fourth-order valence-electron chi connectivity index (χ4n) is 4.63. The Balaban J connectivity index is 1.63. The number of para-hydroxylation sites is 2. The third-order valence-corrected chi connectivity index (χ3v) is 6.76. The van der Waals surface area contributed by atoms with E-state index in [1.54, 1.807) is 35.2 Å². The summed E-state index contributed by atoms with van der Waals surface area (Å²) in [6, 6.07) is 23.7. The van der Waals surface area contributed by atoms with Crippen molar-refractivity contribution in [3.63, 3.8) is 0 Å². The van der Waals surface area contributed by atoms with Crippen molar-refractivity contribution >= 4 is 23.3 Å². The van der Waals surface area contributed by atoms with Gasteiger partial charge in [0.25, 0.3) is 5.91 Å². The number of nitrogens with zero attached hydrogens (tertiary/aromatic N) is 2. The van der Waals surface area contributed by atoms with Crippen LogP contribution in [0.2, 0.25) is 0 Å². The Kier molecular flexibility index (Phi) is 8.99. The van der Waals surface area contributed by atoms with Gasteiger partial charge in [0, 0.05) is 31.2 Å². The van der Waals surface area contributed by atoms with Crippen LogP contribution >= 0.6 is 0 Å². The molecule has 1 aliphatic rings. The van der Waals surface area contributed by atoms with Crippen molar-refractivity contribution in [2.45, 2.75) is 32.5 Å². The van der Waals surface area contributed by atoms with E-state index in [1.807, 2.05) is 50.4 Å². The summed E-state index contributed by atoms with van der Waals surface area (Å²) in [6.07, 6.45) is -0.274. The molecule has 3 N–H and O–H groups in total. The molecule has 3 amide bonds. The fourth-order valence-corrected chi connectivity index (χ4v) is 4.63. The number of rotatable bonds is 8. The minimum atomic E-state index is -0.436. The van der Waals surface area contributed by atoms with Gasteiger partial charge >= 0.3 is 6.03 Å². The highest BCUT2D eigenvalue weighted by atomic mass is 16.5. The minimum absolute atomic E-state index is 0.0366. The normalized spacial score (nSPS) is 18.1. The van der Waals surface area contributed by atoms with Crippen LogP contribution in [0.25, 0.3) is 0 Å². The SMILES string of the molecule is C[C@@H]1CN([C@@H](C)CO)C(=O)c2cccc(NC(=O)Nc3ccccc3)c2O[C@H]1CN(C)Cc1ccccc1. The van der Waals surface area contributed by atoms with Crippen molar-refractivity contribution in [2.75, 3.05) is 37.4 Å². The molecule has 38 heavy (non-hydrogen) atoms. The summed E-state index contributed by atoms with van der Waals surface area (Å²) in [6.45, 7) is 5.53. The van der Waals surface area contributed by atoms with Gasteiger partial charge in [0.05, 0.1) is 23.9 Å². The Labute approximate surface area is 224 Å². The van der Waals surface area contributed by atoms with Gasteiger partial charge in [-0.05, 0) is 43.8 Å². The molecule has 3 aromatic rings. The molecule has 1 aliphatic heterocycles. The lowest BCUT2D eigenvalue weighted by Crippen LogP contribution is -2.49. The standard InChI is InChI=1S/C30H36N4O4/c1-21-17-34(22(2)20-35)29(36)25-15-10-16-26(32-30(37)31-24-13-8-5-9-14-24)28(25)38-27(21)19-33(3)18-23-11-6-4-7-12-23/h4-16,21-22,27,35H,17-20H2,1-3H3,(H2,31,32,37)/t21-,22+,27+/m1/s1. The van der Waals surface area contributed by atoms with Crippen LogP contribution in [0.5, 0.6) is 5.75 Å². The lowest BCUT2D eigenvalue weighted by Gasteiger charge is -2.38. The number of hydrogen-bond acceptors (Lipinski definition) is 5. The lowest BCUT2D eigenvalue weighted by atomic mass is 9.99. The number of ether oxygens (including phenoxy) is 1. The van der Waals surface area contributed by atoms with Gasteiger partial charge in [-0.3, -0.25) is 9.69 Å². The highest BCUT2D eigenvalue weighted by Crippen LogP contribution is 2.35. The highest BCUT2D eigenvalue weighted by molar-refractivity contribution is 6.04. The Morgan fingerprint density at radius 1 is 1.05 bits per heavy atom. The van der Waals surface area contributed by atoms with Gasteiger partial charge in [-0.1, -0.05) is 61.5 Å². The number of aliphatic hydroxyl groups is 1. The Morgan fingerprint density at radius 2 is 1.74 bits per heavy atom. The third-order valence-electron chi connectivity index (χ3n) is 6.76. The van der Waals surface area contributed by atoms with Gasteiger partial charge in [0.15, 0.2) is 5.75 Å². The van der Waals surface area contributed by atoms with Gasteiger partial charge in [0.1, 0.15) is 6.10 Å². The smallest absolute Gasteiger partial charge is 0.323 e. The van der Waals surface area contributed by atoms with E-state index in [4.69, 9.17) is 4.74 Å². The molecule has 3 atom stereocenters. The van der Waals surface area contributed by atoms with Crippen LogP contribution in [0.15, 0.2) is 78.9 Å². The number of anilines is 2. The molecule has 0 radical (unpaired) electrons. The molecule has 0 spiro atoms. The molecule has 3 aromatic carbocycles. The summed E-state index contributed by atoms with van der Waals surface area (Å²) in [5.74, 6) is 0.0580. The van der Waals surface area contributed by atoms with Crippen LogP contribution < -0.4 is 15.4 Å². The molecule has 0 saturated heterocycles. The Bertz CT molecular complexity index is 1220. The molecule has 8 nitrogen and oxygen atoms in total. The number of amides is 3. The Hall–Kier alpha value is -3.88. The van der Waals surface area contributed by atoms with Crippen molar-refractivity contribution in [3.8, 4) is 5.75 Å². The van der Waals surface area contributed by atoms with Crippen LogP contribution in [0.4, 0.5) is 16.2 Å². The first-order chi connectivity index (χ1) is 18.4. The van der Waals surface area contributed by atoms with E-state index < -0.39 is 6.03 Å². The zero-order valence-electron chi connectivity index (χ0n) is 22.1. The van der Waals surface area contributed by atoms with Crippen molar-refractivity contribution in [1.29, 1.82) is 0 Å². The van der Waals surface area contributed by atoms with Gasteiger partial charge in [-0.15, -0.1) is 0 Å². The topological polar surface area (TPSA) is 94.1 Å². The van der Waals surface area contributed by atoms with E-state index in [0.29, 0.717) is 35.8 Å². The first kappa shape index (κ1) is 27.2. The number of urea groups is 1. The quantitative estimate of drug-likeness (QED) is 0.404. The zero-order chi connectivity index (χ0) is 27.1. The largest absolute Gasteiger partial charge is 0.486 e. The van der Waals surface area contributed by atoms with E-state index in [0.717, 1.165) is 6.54 Å². The number of fused-ring (bicyclic) bond motifs is 1. The van der Waals surface area contributed by atoms with Gasteiger partial charge in [-0.2, -0.15) is 0 Å². The number of carbonyl (C=O) groups is 2. The van der Waals surface area contributed by atoms with E-state index in [2.05, 4.69) is 34.6 Å². The predicted molar refractivity (Wildman–Crippen MR) is 149 cm³/mol. The van der Waals surface area contributed by atoms with Crippen LogP contribution in [0.1, 0.15) is 29.8 Å². The number of carbonyl (C=O) groups excluding carboxylic acids is 2. The lowest BCUT2D eigenvalue weighted by molar-refractivity contribution is 0.0343. The molecule has 1 heterocycles. The van der Waals surface area contributed by atoms with Crippen molar-refractivity contribution in [2.24, 2.45) is 5.92 Å². The molecule has 0 saturated carbocycles. The van der Waals surface area contributed by atoms with Crippen molar-refractivity contribution in [1.82, 2.24) is 9.80 Å². The summed E-state index contributed by atoms with van der Waals surface area (Å²) in [4.78, 5) is 30.4. The van der Waals surface area contributed by atoms with Crippen LogP contribution in [0.3, 0.4) is 0 Å². The second-order valence-electron chi connectivity index (χ2n) is 9.93. The monoisotopic (exact) mass is 516 g/mol. The zero-order valence-corrected chi connectivity index (χ0v) is 22.1. The molecule has 4 rings (SSSR count). The van der Waals surface area contributed by atoms with Crippen LogP contribution in [0, 0.1) is 5.92 Å².